The Balaban J connectivity index is 1.50. The van der Waals surface area contributed by atoms with Gasteiger partial charge in [-0.1, -0.05) is 48.7 Å². The van der Waals surface area contributed by atoms with Crippen molar-refractivity contribution in [3.8, 4) is 11.5 Å². The second-order valence-corrected chi connectivity index (χ2v) is 8.09. The quantitative estimate of drug-likeness (QED) is 0.758. The molecule has 1 aromatic heterocycles. The van der Waals surface area contributed by atoms with Gasteiger partial charge in [0.15, 0.2) is 0 Å². The smallest absolute Gasteiger partial charge is 0.321 e. The molecule has 1 unspecified atom stereocenters. The number of aromatic nitrogens is 2. The van der Waals surface area contributed by atoms with Crippen LogP contribution in [0.1, 0.15) is 44.6 Å². The fourth-order valence-corrected chi connectivity index (χ4v) is 3.64. The van der Waals surface area contributed by atoms with Gasteiger partial charge in [0.1, 0.15) is 0 Å². The van der Waals surface area contributed by atoms with Gasteiger partial charge in [0.05, 0.1) is 5.25 Å². The number of amides is 3. The van der Waals surface area contributed by atoms with Gasteiger partial charge in [-0.2, -0.15) is 0 Å². The molecular weight excluding hydrogens is 364 g/mol. The van der Waals surface area contributed by atoms with Crippen molar-refractivity contribution in [3.63, 3.8) is 0 Å². The van der Waals surface area contributed by atoms with E-state index in [1.807, 2.05) is 31.2 Å². The third kappa shape index (κ3) is 5.56. The molecule has 1 heterocycles. The number of urea groups is 1. The van der Waals surface area contributed by atoms with Crippen LogP contribution in [0.15, 0.2) is 33.9 Å². The molecule has 0 saturated heterocycles. The minimum absolute atomic E-state index is 0.155. The molecule has 0 radical (unpaired) electrons. The van der Waals surface area contributed by atoms with Gasteiger partial charge < -0.3 is 9.73 Å². The van der Waals surface area contributed by atoms with Gasteiger partial charge in [0.2, 0.25) is 11.8 Å². The maximum Gasteiger partial charge on any atom is 0.321 e. The average molecular weight is 388 g/mol. The number of carbonyl (C=O) groups excluding carboxylic acids is 2. The summed E-state index contributed by atoms with van der Waals surface area (Å²) in [4.78, 5) is 24.2. The van der Waals surface area contributed by atoms with E-state index in [2.05, 4.69) is 20.8 Å². The summed E-state index contributed by atoms with van der Waals surface area (Å²) in [5, 5.41) is 13.0. The molecule has 1 aromatic carbocycles. The van der Waals surface area contributed by atoms with Crippen molar-refractivity contribution in [1.82, 2.24) is 20.8 Å². The molecule has 27 heavy (non-hydrogen) atoms. The second kappa shape index (κ2) is 9.03. The first-order chi connectivity index (χ1) is 13.0. The summed E-state index contributed by atoms with van der Waals surface area (Å²) in [6, 6.07) is 7.46. The molecule has 7 nitrogen and oxygen atoms in total. The fourth-order valence-electron chi connectivity index (χ4n) is 2.96. The first-order valence-electron chi connectivity index (χ1n) is 9.20. The lowest BCUT2D eigenvalue weighted by molar-refractivity contribution is -0.119. The van der Waals surface area contributed by atoms with E-state index in [9.17, 15) is 9.59 Å². The van der Waals surface area contributed by atoms with Crippen LogP contribution in [0.25, 0.3) is 11.5 Å². The summed E-state index contributed by atoms with van der Waals surface area (Å²) in [5.74, 6) is 0.0172. The average Bonchev–Trinajstić information content (AvgIpc) is 3.11. The molecule has 2 aromatic rings. The summed E-state index contributed by atoms with van der Waals surface area (Å²) in [5.41, 5.74) is 1.97. The predicted octanol–water partition coefficient (Wildman–Crippen LogP) is 3.68. The van der Waals surface area contributed by atoms with Gasteiger partial charge in [-0.3, -0.25) is 10.1 Å². The summed E-state index contributed by atoms with van der Waals surface area (Å²) in [6.07, 6.45) is 5.38. The summed E-state index contributed by atoms with van der Waals surface area (Å²) in [6.45, 7) is 3.70. The van der Waals surface area contributed by atoms with E-state index in [4.69, 9.17) is 4.42 Å². The number of hydrogen-bond acceptors (Lipinski definition) is 6. The number of thioether (sulfide) groups is 1. The van der Waals surface area contributed by atoms with E-state index in [0.29, 0.717) is 11.1 Å². The topological polar surface area (TPSA) is 97.1 Å². The van der Waals surface area contributed by atoms with Crippen molar-refractivity contribution >= 4 is 23.7 Å². The molecule has 1 fully saturated rings. The van der Waals surface area contributed by atoms with Gasteiger partial charge in [-0.15, -0.1) is 10.2 Å². The summed E-state index contributed by atoms with van der Waals surface area (Å²) < 4.78 is 5.62. The van der Waals surface area contributed by atoms with Crippen LogP contribution in [0.4, 0.5) is 4.79 Å². The van der Waals surface area contributed by atoms with Gasteiger partial charge >= 0.3 is 6.03 Å². The first kappa shape index (κ1) is 19.4. The van der Waals surface area contributed by atoms with Gasteiger partial charge in [-0.05, 0) is 38.8 Å². The first-order valence-corrected chi connectivity index (χ1v) is 10.1. The lowest BCUT2D eigenvalue weighted by atomic mass is 9.96. The number of benzene rings is 1. The Hall–Kier alpha value is -2.35. The molecule has 3 rings (SSSR count). The molecule has 0 bridgehead atoms. The molecule has 144 valence electrons. The predicted molar refractivity (Wildman–Crippen MR) is 103 cm³/mol. The lowest BCUT2D eigenvalue weighted by Gasteiger charge is -2.22. The van der Waals surface area contributed by atoms with Crippen LogP contribution in [0.5, 0.6) is 0 Å². The standard InChI is InChI=1S/C19H24N4O3S/c1-12-8-10-14(11-9-12)17-22-23-19(26-17)27-13(2)16(24)21-18(25)20-15-6-4-3-5-7-15/h8-11,13,15H,3-7H2,1-2H3,(H2,20,21,24,25). The van der Waals surface area contributed by atoms with E-state index in [0.717, 1.165) is 48.6 Å². The Bertz CT molecular complexity index is 785. The SMILES string of the molecule is Cc1ccc(-c2nnc(SC(C)C(=O)NC(=O)NC3CCCCC3)o2)cc1. The summed E-state index contributed by atoms with van der Waals surface area (Å²) >= 11 is 1.13. The Morgan fingerprint density at radius 1 is 1.15 bits per heavy atom. The Morgan fingerprint density at radius 2 is 1.85 bits per heavy atom. The highest BCUT2D eigenvalue weighted by Crippen LogP contribution is 2.26. The normalized spacial score (nSPS) is 15.9. The minimum atomic E-state index is -0.534. The van der Waals surface area contributed by atoms with Crippen LogP contribution in [0.3, 0.4) is 0 Å². The molecule has 0 spiro atoms. The van der Waals surface area contributed by atoms with E-state index < -0.39 is 11.3 Å². The van der Waals surface area contributed by atoms with Crippen LogP contribution in [-0.2, 0) is 4.79 Å². The van der Waals surface area contributed by atoms with E-state index >= 15 is 0 Å². The molecule has 2 N–H and O–H groups in total. The maximum absolute atomic E-state index is 12.2. The number of carbonyl (C=O) groups is 2. The van der Waals surface area contributed by atoms with Crippen molar-refractivity contribution in [2.45, 2.75) is 62.5 Å². The van der Waals surface area contributed by atoms with E-state index in [1.54, 1.807) is 6.92 Å². The number of hydrogen-bond donors (Lipinski definition) is 2. The van der Waals surface area contributed by atoms with Crippen molar-refractivity contribution in [1.29, 1.82) is 0 Å². The van der Waals surface area contributed by atoms with Crippen molar-refractivity contribution in [2.24, 2.45) is 0 Å². The highest BCUT2D eigenvalue weighted by molar-refractivity contribution is 8.00. The molecule has 1 atom stereocenters. The largest absolute Gasteiger partial charge is 0.411 e. The van der Waals surface area contributed by atoms with Crippen molar-refractivity contribution in [3.05, 3.63) is 29.8 Å². The third-order valence-electron chi connectivity index (χ3n) is 4.53. The zero-order chi connectivity index (χ0) is 19.2. The van der Waals surface area contributed by atoms with Crippen LogP contribution in [-0.4, -0.2) is 33.4 Å². The monoisotopic (exact) mass is 388 g/mol. The van der Waals surface area contributed by atoms with Crippen molar-refractivity contribution < 1.29 is 14.0 Å². The van der Waals surface area contributed by atoms with E-state index in [-0.39, 0.29) is 11.9 Å². The second-order valence-electron chi connectivity index (χ2n) is 6.80. The maximum atomic E-state index is 12.2. The molecule has 3 amide bonds. The van der Waals surface area contributed by atoms with Crippen LogP contribution in [0, 0.1) is 6.92 Å². The molecule has 1 aliphatic carbocycles. The summed E-state index contributed by atoms with van der Waals surface area (Å²) in [7, 11) is 0. The zero-order valence-electron chi connectivity index (χ0n) is 15.5. The zero-order valence-corrected chi connectivity index (χ0v) is 16.3. The molecule has 1 aliphatic rings. The lowest BCUT2D eigenvalue weighted by Crippen LogP contribution is -2.47. The highest BCUT2D eigenvalue weighted by atomic mass is 32.2. The van der Waals surface area contributed by atoms with Crippen molar-refractivity contribution in [2.75, 3.05) is 0 Å². The molecule has 8 heteroatoms. The van der Waals surface area contributed by atoms with Gasteiger partial charge in [0, 0.05) is 11.6 Å². The Kier molecular flexibility index (Phi) is 6.49. The minimum Gasteiger partial charge on any atom is -0.411 e. The highest BCUT2D eigenvalue weighted by Gasteiger charge is 2.22. The Labute approximate surface area is 162 Å². The van der Waals surface area contributed by atoms with Crippen LogP contribution in [0.2, 0.25) is 0 Å². The number of nitrogens with zero attached hydrogens (tertiary/aromatic N) is 2. The third-order valence-corrected chi connectivity index (χ3v) is 5.46. The molecule has 0 aliphatic heterocycles. The van der Waals surface area contributed by atoms with Gasteiger partial charge in [0.25, 0.3) is 5.22 Å². The van der Waals surface area contributed by atoms with Crippen LogP contribution >= 0.6 is 11.8 Å². The van der Waals surface area contributed by atoms with E-state index in [1.165, 1.54) is 6.42 Å². The molecular formula is C19H24N4O3S. The van der Waals surface area contributed by atoms with Gasteiger partial charge in [-0.25, -0.2) is 4.79 Å². The fraction of sp³-hybridized carbons (Fsp3) is 0.474. The number of aryl methyl sites for hydroxylation is 1. The number of rotatable bonds is 5. The van der Waals surface area contributed by atoms with Crippen LogP contribution < -0.4 is 10.6 Å². The number of nitrogens with one attached hydrogen (secondary N) is 2. The Morgan fingerprint density at radius 3 is 2.56 bits per heavy atom. The molecule has 1 saturated carbocycles. The number of imide groups is 1.